The molecule has 1 aromatic carbocycles. The van der Waals surface area contributed by atoms with Crippen molar-refractivity contribution < 1.29 is 23.0 Å². The first-order valence-electron chi connectivity index (χ1n) is 6.95. The number of aliphatic hydroxyl groups excluding tert-OH is 1. The van der Waals surface area contributed by atoms with Crippen LogP contribution in [0.25, 0.3) is 0 Å². The molecule has 20 heavy (non-hydrogen) atoms. The molecule has 1 aliphatic rings. The smallest absolute Gasteiger partial charge is 0.419 e. The molecular weight excluding hydrogens is 269 g/mol. The highest BCUT2D eigenvalue weighted by atomic mass is 19.4. The molecule has 5 heteroatoms. The summed E-state index contributed by atoms with van der Waals surface area (Å²) in [5, 5.41) is 10.0. The van der Waals surface area contributed by atoms with E-state index in [1.165, 1.54) is 24.6 Å². The van der Waals surface area contributed by atoms with Gasteiger partial charge in [-0.15, -0.1) is 0 Å². The second-order valence-electron chi connectivity index (χ2n) is 5.27. The van der Waals surface area contributed by atoms with Gasteiger partial charge in [0.1, 0.15) is 12.4 Å². The van der Waals surface area contributed by atoms with E-state index in [4.69, 9.17) is 4.74 Å². The zero-order valence-corrected chi connectivity index (χ0v) is 11.2. The number of ether oxygens (including phenoxy) is 1. The van der Waals surface area contributed by atoms with Crippen molar-refractivity contribution in [3.05, 3.63) is 29.8 Å². The highest BCUT2D eigenvalue weighted by Crippen LogP contribution is 2.36. The Kier molecular flexibility index (Phi) is 4.91. The van der Waals surface area contributed by atoms with E-state index in [1.54, 1.807) is 0 Å². The van der Waals surface area contributed by atoms with Gasteiger partial charge in [-0.3, -0.25) is 0 Å². The predicted molar refractivity (Wildman–Crippen MR) is 69.5 cm³/mol. The Morgan fingerprint density at radius 1 is 1.15 bits per heavy atom. The van der Waals surface area contributed by atoms with E-state index in [2.05, 4.69) is 0 Å². The quantitative estimate of drug-likeness (QED) is 0.906. The van der Waals surface area contributed by atoms with Gasteiger partial charge in [0.15, 0.2) is 0 Å². The topological polar surface area (TPSA) is 29.5 Å². The van der Waals surface area contributed by atoms with Crippen LogP contribution >= 0.6 is 0 Å². The lowest BCUT2D eigenvalue weighted by Crippen LogP contribution is -2.29. The number of para-hydroxylation sites is 1. The van der Waals surface area contributed by atoms with Crippen molar-refractivity contribution in [2.24, 2.45) is 5.92 Å². The molecule has 2 rings (SSSR count). The van der Waals surface area contributed by atoms with Crippen molar-refractivity contribution in [1.29, 1.82) is 0 Å². The molecule has 1 aromatic rings. The van der Waals surface area contributed by atoms with E-state index in [0.717, 1.165) is 31.7 Å². The maximum Gasteiger partial charge on any atom is 0.419 e. The lowest BCUT2D eigenvalue weighted by atomic mass is 9.85. The number of rotatable bonds is 4. The molecule has 0 spiro atoms. The highest BCUT2D eigenvalue weighted by Gasteiger charge is 2.34. The second-order valence-corrected chi connectivity index (χ2v) is 5.27. The third-order valence-corrected chi connectivity index (χ3v) is 3.80. The van der Waals surface area contributed by atoms with Gasteiger partial charge < -0.3 is 9.84 Å². The fourth-order valence-electron chi connectivity index (χ4n) is 2.66. The lowest BCUT2D eigenvalue weighted by molar-refractivity contribution is -0.139. The summed E-state index contributed by atoms with van der Waals surface area (Å²) < 4.78 is 43.6. The molecule has 0 aromatic heterocycles. The predicted octanol–water partition coefficient (Wildman–Crippen LogP) is 4.03. The fourth-order valence-corrected chi connectivity index (χ4v) is 2.66. The van der Waals surface area contributed by atoms with Crippen LogP contribution in [0.4, 0.5) is 13.2 Å². The van der Waals surface area contributed by atoms with Crippen molar-refractivity contribution in [2.45, 2.75) is 44.4 Å². The molecule has 1 atom stereocenters. The number of hydrogen-bond donors (Lipinski definition) is 1. The first kappa shape index (κ1) is 15.2. The molecule has 1 N–H and O–H groups in total. The van der Waals surface area contributed by atoms with Gasteiger partial charge in [0, 0.05) is 0 Å². The minimum absolute atomic E-state index is 0.0856. The average molecular weight is 288 g/mol. The maximum absolute atomic E-state index is 12.8. The highest BCUT2D eigenvalue weighted by molar-refractivity contribution is 5.35. The van der Waals surface area contributed by atoms with Crippen molar-refractivity contribution in [3.8, 4) is 5.75 Å². The van der Waals surface area contributed by atoms with Crippen LogP contribution in [-0.2, 0) is 6.18 Å². The summed E-state index contributed by atoms with van der Waals surface area (Å²) in [7, 11) is 0. The molecule has 0 saturated heterocycles. The Balaban J connectivity index is 1.96. The van der Waals surface area contributed by atoms with Crippen molar-refractivity contribution in [3.63, 3.8) is 0 Å². The van der Waals surface area contributed by atoms with Gasteiger partial charge in [0.05, 0.1) is 11.7 Å². The van der Waals surface area contributed by atoms with Gasteiger partial charge in [-0.05, 0) is 30.9 Å². The van der Waals surface area contributed by atoms with E-state index >= 15 is 0 Å². The fraction of sp³-hybridized carbons (Fsp3) is 0.600. The summed E-state index contributed by atoms with van der Waals surface area (Å²) in [5.74, 6) is -0.0725. The number of alkyl halides is 3. The van der Waals surface area contributed by atoms with Gasteiger partial charge in [-0.1, -0.05) is 31.4 Å². The third-order valence-electron chi connectivity index (χ3n) is 3.80. The molecular formula is C15H19F3O2. The molecule has 0 radical (unpaired) electrons. The van der Waals surface area contributed by atoms with Crippen molar-refractivity contribution in [1.82, 2.24) is 0 Å². The molecule has 0 aliphatic heterocycles. The molecule has 0 bridgehead atoms. The van der Waals surface area contributed by atoms with E-state index in [0.29, 0.717) is 0 Å². The molecule has 1 fully saturated rings. The first-order valence-corrected chi connectivity index (χ1v) is 6.95. The van der Waals surface area contributed by atoms with E-state index in [-0.39, 0.29) is 18.3 Å². The van der Waals surface area contributed by atoms with Gasteiger partial charge in [-0.2, -0.15) is 13.2 Å². The van der Waals surface area contributed by atoms with Crippen LogP contribution in [0, 0.1) is 5.92 Å². The van der Waals surface area contributed by atoms with E-state index in [9.17, 15) is 18.3 Å². The Morgan fingerprint density at radius 2 is 1.80 bits per heavy atom. The van der Waals surface area contributed by atoms with Crippen LogP contribution in [0.1, 0.15) is 37.7 Å². The number of hydrogen-bond acceptors (Lipinski definition) is 2. The SMILES string of the molecule is OC(COc1ccccc1C(F)(F)F)C1CCCCC1. The summed E-state index contributed by atoms with van der Waals surface area (Å²) in [6.45, 7) is -0.0856. The van der Waals surface area contributed by atoms with Crippen LogP contribution in [0.3, 0.4) is 0 Å². The molecule has 112 valence electrons. The second kappa shape index (κ2) is 6.48. The maximum atomic E-state index is 12.8. The first-order chi connectivity index (χ1) is 9.48. The Morgan fingerprint density at radius 3 is 2.45 bits per heavy atom. The molecule has 0 heterocycles. The number of aliphatic hydroxyl groups is 1. The van der Waals surface area contributed by atoms with Crippen molar-refractivity contribution in [2.75, 3.05) is 6.61 Å². The standard InChI is InChI=1S/C15H19F3O2/c16-15(17,18)12-8-4-5-9-14(12)20-10-13(19)11-6-2-1-3-7-11/h4-5,8-9,11,13,19H,1-3,6-7,10H2. The molecule has 1 saturated carbocycles. The molecule has 2 nitrogen and oxygen atoms in total. The minimum Gasteiger partial charge on any atom is -0.490 e. The zero-order chi connectivity index (χ0) is 14.6. The summed E-state index contributed by atoms with van der Waals surface area (Å²) >= 11 is 0. The summed E-state index contributed by atoms with van der Waals surface area (Å²) in [6.07, 6.45) is 0.0167. The van der Waals surface area contributed by atoms with Gasteiger partial charge in [0.25, 0.3) is 0 Å². The van der Waals surface area contributed by atoms with E-state index in [1.807, 2.05) is 0 Å². The van der Waals surface area contributed by atoms with Crippen LogP contribution < -0.4 is 4.74 Å². The average Bonchev–Trinajstić information content (AvgIpc) is 2.45. The largest absolute Gasteiger partial charge is 0.490 e. The monoisotopic (exact) mass is 288 g/mol. The summed E-state index contributed by atoms with van der Waals surface area (Å²) in [5.41, 5.74) is -0.796. The number of benzene rings is 1. The molecule has 0 amide bonds. The van der Waals surface area contributed by atoms with Gasteiger partial charge in [-0.25, -0.2) is 0 Å². The van der Waals surface area contributed by atoms with Crippen LogP contribution in [0.15, 0.2) is 24.3 Å². The molecule has 1 aliphatic carbocycles. The lowest BCUT2D eigenvalue weighted by Gasteiger charge is -2.26. The minimum atomic E-state index is -4.44. The molecule has 1 unspecified atom stereocenters. The Labute approximate surface area is 116 Å². The van der Waals surface area contributed by atoms with Crippen LogP contribution in [0.2, 0.25) is 0 Å². The number of halogens is 3. The Bertz CT molecular complexity index is 425. The Hall–Kier alpha value is -1.23. The zero-order valence-electron chi connectivity index (χ0n) is 11.2. The van der Waals surface area contributed by atoms with Crippen LogP contribution in [0.5, 0.6) is 5.75 Å². The van der Waals surface area contributed by atoms with E-state index < -0.39 is 17.8 Å². The third kappa shape index (κ3) is 3.88. The van der Waals surface area contributed by atoms with Crippen LogP contribution in [-0.4, -0.2) is 17.8 Å². The summed E-state index contributed by atoms with van der Waals surface area (Å²) in [6, 6.07) is 5.10. The van der Waals surface area contributed by atoms with Gasteiger partial charge >= 0.3 is 6.18 Å². The van der Waals surface area contributed by atoms with Gasteiger partial charge in [0.2, 0.25) is 0 Å². The normalized spacial score (nSPS) is 18.8. The van der Waals surface area contributed by atoms with Crippen molar-refractivity contribution >= 4 is 0 Å². The summed E-state index contributed by atoms with van der Waals surface area (Å²) in [4.78, 5) is 0.